The van der Waals surface area contributed by atoms with Gasteiger partial charge < -0.3 is 9.64 Å². The molecule has 0 aliphatic heterocycles. The van der Waals surface area contributed by atoms with Crippen molar-refractivity contribution < 1.29 is 22.7 Å². The normalized spacial score (nSPS) is 11.4. The molecule has 0 aliphatic rings. The van der Waals surface area contributed by atoms with Crippen LogP contribution in [-0.4, -0.2) is 51.0 Å². The predicted octanol–water partition coefficient (Wildman–Crippen LogP) is 2.78. The summed E-state index contributed by atoms with van der Waals surface area (Å²) in [7, 11) is 1.35. The molecule has 0 aliphatic carbocycles. The van der Waals surface area contributed by atoms with Crippen molar-refractivity contribution in [3.8, 4) is 11.6 Å². The van der Waals surface area contributed by atoms with Crippen LogP contribution in [0.1, 0.15) is 16.1 Å². The molecule has 2 aromatic heterocycles. The van der Waals surface area contributed by atoms with Crippen LogP contribution in [0.4, 0.5) is 13.2 Å². The van der Waals surface area contributed by atoms with Crippen molar-refractivity contribution in [1.82, 2.24) is 24.9 Å². The van der Waals surface area contributed by atoms with Crippen molar-refractivity contribution in [2.45, 2.75) is 6.18 Å². The van der Waals surface area contributed by atoms with E-state index in [0.717, 1.165) is 23.2 Å². The molecule has 30 heavy (non-hydrogen) atoms. The minimum absolute atomic E-state index is 0.0286. The summed E-state index contributed by atoms with van der Waals surface area (Å²) in [5.74, 6) is -0.666. The minimum atomic E-state index is -4.89. The number of halogens is 4. The Bertz CT molecular complexity index is 1080. The number of hydrogen-bond donors (Lipinski definition) is 1. The van der Waals surface area contributed by atoms with E-state index in [9.17, 15) is 22.8 Å². The van der Waals surface area contributed by atoms with Crippen molar-refractivity contribution in [3.63, 3.8) is 0 Å². The third-order valence-electron chi connectivity index (χ3n) is 4.01. The van der Waals surface area contributed by atoms with Crippen LogP contribution in [0.2, 0.25) is 5.02 Å². The number of rotatable bonds is 6. The summed E-state index contributed by atoms with van der Waals surface area (Å²) in [6, 6.07) is 8.59. The van der Waals surface area contributed by atoms with Crippen molar-refractivity contribution in [3.05, 3.63) is 69.2 Å². The number of aromatic amines is 1. The van der Waals surface area contributed by atoms with E-state index in [-0.39, 0.29) is 19.0 Å². The third-order valence-corrected chi connectivity index (χ3v) is 4.26. The summed E-state index contributed by atoms with van der Waals surface area (Å²) in [5, 5.41) is 9.74. The van der Waals surface area contributed by atoms with Gasteiger partial charge in [0.25, 0.3) is 11.5 Å². The smallest absolute Gasteiger partial charge is 0.434 e. The lowest BCUT2D eigenvalue weighted by Crippen LogP contribution is -2.32. The Morgan fingerprint density at radius 2 is 1.93 bits per heavy atom. The lowest BCUT2D eigenvalue weighted by Gasteiger charge is -2.18. The van der Waals surface area contributed by atoms with Crippen LogP contribution in [-0.2, 0) is 6.18 Å². The number of benzene rings is 1. The second-order valence-corrected chi connectivity index (χ2v) is 6.56. The summed E-state index contributed by atoms with van der Waals surface area (Å²) in [5.41, 5.74) is -2.53. The van der Waals surface area contributed by atoms with Gasteiger partial charge in [0.2, 0.25) is 0 Å². The second-order valence-electron chi connectivity index (χ2n) is 6.12. The van der Waals surface area contributed by atoms with Crippen molar-refractivity contribution >= 4 is 17.5 Å². The van der Waals surface area contributed by atoms with Gasteiger partial charge in [0.05, 0.1) is 18.3 Å². The van der Waals surface area contributed by atoms with Gasteiger partial charge in [0.15, 0.2) is 11.5 Å². The standard InChI is InChI=1S/C18H15ClF3N5O3/c1-26(8-9-30-12-4-2-11(19)3-5-12)17(29)13-10-23-27(16(13)18(20,21)22)14-6-7-15(28)25-24-14/h2-7,10H,8-9H2,1H3,(H,25,28). The number of alkyl halides is 3. The Kier molecular flexibility index (Phi) is 6.11. The molecule has 0 fully saturated rings. The molecule has 0 saturated heterocycles. The molecule has 0 unspecified atom stereocenters. The van der Waals surface area contributed by atoms with Crippen LogP contribution >= 0.6 is 11.6 Å². The Labute approximate surface area is 172 Å². The maximum absolute atomic E-state index is 13.7. The van der Waals surface area contributed by atoms with Crippen LogP contribution in [0, 0.1) is 0 Å². The number of carbonyl (C=O) groups is 1. The topological polar surface area (TPSA) is 93.1 Å². The van der Waals surface area contributed by atoms with Crippen LogP contribution in [0.15, 0.2) is 47.4 Å². The van der Waals surface area contributed by atoms with Gasteiger partial charge in [0, 0.05) is 18.1 Å². The molecule has 8 nitrogen and oxygen atoms in total. The number of likely N-dealkylation sites (N-methyl/N-ethyl adjacent to an activating group) is 1. The molecule has 2 heterocycles. The number of amides is 1. The lowest BCUT2D eigenvalue weighted by molar-refractivity contribution is -0.143. The first kappa shape index (κ1) is 21.4. The van der Waals surface area contributed by atoms with Crippen LogP contribution in [0.25, 0.3) is 5.82 Å². The summed E-state index contributed by atoms with van der Waals surface area (Å²) in [4.78, 5) is 24.8. The Morgan fingerprint density at radius 3 is 2.53 bits per heavy atom. The molecular formula is C18H15ClF3N5O3. The molecule has 0 spiro atoms. The molecule has 12 heteroatoms. The van der Waals surface area contributed by atoms with E-state index >= 15 is 0 Å². The number of nitrogens with zero attached hydrogens (tertiary/aromatic N) is 4. The first-order valence-corrected chi connectivity index (χ1v) is 8.90. The van der Waals surface area contributed by atoms with E-state index in [1.54, 1.807) is 24.3 Å². The first-order valence-electron chi connectivity index (χ1n) is 8.52. The number of carbonyl (C=O) groups excluding carboxylic acids is 1. The number of hydrogen-bond acceptors (Lipinski definition) is 5. The molecule has 1 amide bonds. The van der Waals surface area contributed by atoms with E-state index in [0.29, 0.717) is 15.5 Å². The molecule has 1 N–H and O–H groups in total. The Balaban J connectivity index is 1.78. The molecular weight excluding hydrogens is 427 g/mol. The monoisotopic (exact) mass is 441 g/mol. The second kappa shape index (κ2) is 8.57. The average molecular weight is 442 g/mol. The van der Waals surface area contributed by atoms with Crippen molar-refractivity contribution in [1.29, 1.82) is 0 Å². The summed E-state index contributed by atoms with van der Waals surface area (Å²) >= 11 is 5.78. The number of H-pyrrole nitrogens is 1. The number of nitrogens with one attached hydrogen (secondary N) is 1. The fraction of sp³-hybridized carbons (Fsp3) is 0.222. The SMILES string of the molecule is CN(CCOc1ccc(Cl)cc1)C(=O)c1cnn(-c2ccc(=O)[nH]n2)c1C(F)(F)F. The van der Waals surface area contributed by atoms with Gasteiger partial charge in [-0.1, -0.05) is 11.6 Å². The van der Waals surface area contributed by atoms with Gasteiger partial charge in [-0.15, -0.1) is 0 Å². The molecule has 3 rings (SSSR count). The molecule has 1 aromatic carbocycles. The predicted molar refractivity (Wildman–Crippen MR) is 101 cm³/mol. The van der Waals surface area contributed by atoms with Gasteiger partial charge in [-0.2, -0.15) is 23.4 Å². The van der Waals surface area contributed by atoms with Gasteiger partial charge in [-0.05, 0) is 30.3 Å². The summed E-state index contributed by atoms with van der Waals surface area (Å²) in [6.07, 6.45) is -4.07. The van der Waals surface area contributed by atoms with E-state index in [1.165, 1.54) is 7.05 Å². The summed E-state index contributed by atoms with van der Waals surface area (Å²) < 4.78 is 46.9. The zero-order valence-electron chi connectivity index (χ0n) is 15.5. The van der Waals surface area contributed by atoms with E-state index in [1.807, 2.05) is 5.10 Å². The molecule has 158 valence electrons. The maximum atomic E-state index is 13.7. The zero-order chi connectivity index (χ0) is 21.9. The number of aromatic nitrogens is 4. The number of ether oxygens (including phenoxy) is 1. The van der Waals surface area contributed by atoms with E-state index in [2.05, 4.69) is 10.2 Å². The zero-order valence-corrected chi connectivity index (χ0v) is 16.2. The fourth-order valence-electron chi connectivity index (χ4n) is 2.54. The van der Waals surface area contributed by atoms with Gasteiger partial charge >= 0.3 is 6.18 Å². The molecule has 0 radical (unpaired) electrons. The molecule has 0 saturated carbocycles. The summed E-state index contributed by atoms with van der Waals surface area (Å²) in [6.45, 7) is 0.0850. The molecule has 0 atom stereocenters. The highest BCUT2D eigenvalue weighted by molar-refractivity contribution is 6.30. The van der Waals surface area contributed by atoms with Gasteiger partial charge in [-0.25, -0.2) is 9.78 Å². The van der Waals surface area contributed by atoms with Crippen LogP contribution in [0.5, 0.6) is 5.75 Å². The quantitative estimate of drug-likeness (QED) is 0.635. The van der Waals surface area contributed by atoms with Crippen LogP contribution in [0.3, 0.4) is 0 Å². The maximum Gasteiger partial charge on any atom is 0.434 e. The fourth-order valence-corrected chi connectivity index (χ4v) is 2.67. The Hall–Kier alpha value is -3.34. The van der Waals surface area contributed by atoms with Crippen LogP contribution < -0.4 is 10.3 Å². The van der Waals surface area contributed by atoms with Crippen molar-refractivity contribution in [2.24, 2.45) is 0 Å². The van der Waals surface area contributed by atoms with Gasteiger partial charge in [0.1, 0.15) is 12.4 Å². The Morgan fingerprint density at radius 1 is 1.23 bits per heavy atom. The molecule has 3 aromatic rings. The van der Waals surface area contributed by atoms with Crippen molar-refractivity contribution in [2.75, 3.05) is 20.2 Å². The average Bonchev–Trinajstić information content (AvgIpc) is 3.15. The van der Waals surface area contributed by atoms with E-state index < -0.39 is 28.9 Å². The highest BCUT2D eigenvalue weighted by Gasteiger charge is 2.41. The first-order chi connectivity index (χ1) is 14.2. The molecule has 0 bridgehead atoms. The van der Waals surface area contributed by atoms with Gasteiger partial charge in [-0.3, -0.25) is 9.59 Å². The third kappa shape index (κ3) is 4.79. The highest BCUT2D eigenvalue weighted by Crippen LogP contribution is 2.33. The largest absolute Gasteiger partial charge is 0.492 e. The minimum Gasteiger partial charge on any atom is -0.492 e. The lowest BCUT2D eigenvalue weighted by atomic mass is 10.2. The highest BCUT2D eigenvalue weighted by atomic mass is 35.5. The van der Waals surface area contributed by atoms with E-state index in [4.69, 9.17) is 16.3 Å².